The van der Waals surface area contributed by atoms with Gasteiger partial charge in [-0.1, -0.05) is 48.0 Å². The molecule has 2 aromatic carbocycles. The third kappa shape index (κ3) is 4.65. The third-order valence-corrected chi connectivity index (χ3v) is 5.69. The molecule has 0 saturated carbocycles. The van der Waals surface area contributed by atoms with E-state index < -0.39 is 22.0 Å². The molecule has 0 spiro atoms. The summed E-state index contributed by atoms with van der Waals surface area (Å²) in [5, 5.41) is 4.13. The highest BCUT2D eigenvalue weighted by Crippen LogP contribution is 2.22. The Kier molecular flexibility index (Phi) is 5.91. The number of rotatable bonds is 7. The highest BCUT2D eigenvalue weighted by atomic mass is 32.2. The number of hydrogen-bond donors (Lipinski definition) is 1. The van der Waals surface area contributed by atoms with E-state index in [2.05, 4.69) is 9.82 Å². The summed E-state index contributed by atoms with van der Waals surface area (Å²) in [4.78, 5) is 11.8. The molecule has 3 rings (SSSR count). The van der Waals surface area contributed by atoms with Crippen molar-refractivity contribution in [3.8, 4) is 5.69 Å². The Balaban J connectivity index is 1.87. The van der Waals surface area contributed by atoms with Crippen molar-refractivity contribution < 1.29 is 17.9 Å². The van der Waals surface area contributed by atoms with E-state index in [0.29, 0.717) is 5.56 Å². The van der Waals surface area contributed by atoms with Crippen LogP contribution in [0, 0.1) is 6.92 Å². The molecular formula is C20H21N3O4S. The maximum absolute atomic E-state index is 12.9. The molecule has 1 aromatic heterocycles. The van der Waals surface area contributed by atoms with E-state index in [1.807, 2.05) is 49.4 Å². The Hall–Kier alpha value is -2.97. The molecule has 0 aliphatic carbocycles. The lowest BCUT2D eigenvalue weighted by molar-refractivity contribution is -0.141. The second kappa shape index (κ2) is 8.37. The molecule has 7 nitrogen and oxygen atoms in total. The molecule has 1 N–H and O–H groups in total. The predicted octanol–water partition coefficient (Wildman–Crippen LogP) is 2.76. The first kappa shape index (κ1) is 19.8. The molecule has 0 aliphatic rings. The summed E-state index contributed by atoms with van der Waals surface area (Å²) in [5.41, 5.74) is 2.45. The lowest BCUT2D eigenvalue weighted by Gasteiger charge is -2.18. The van der Waals surface area contributed by atoms with Crippen molar-refractivity contribution in [3.63, 3.8) is 0 Å². The van der Waals surface area contributed by atoms with Gasteiger partial charge in [0.25, 0.3) is 0 Å². The minimum Gasteiger partial charge on any atom is -0.469 e. The Morgan fingerprint density at radius 3 is 2.46 bits per heavy atom. The maximum atomic E-state index is 12.9. The van der Waals surface area contributed by atoms with Gasteiger partial charge in [-0.3, -0.25) is 4.79 Å². The molecule has 0 radical (unpaired) electrons. The van der Waals surface area contributed by atoms with Crippen LogP contribution < -0.4 is 4.72 Å². The average molecular weight is 399 g/mol. The Morgan fingerprint density at radius 2 is 1.82 bits per heavy atom. The van der Waals surface area contributed by atoms with E-state index in [0.717, 1.165) is 11.3 Å². The molecule has 0 bridgehead atoms. The first-order valence-corrected chi connectivity index (χ1v) is 10.1. The Morgan fingerprint density at radius 1 is 1.14 bits per heavy atom. The third-order valence-electron chi connectivity index (χ3n) is 4.27. The number of methoxy groups -OCH3 is 1. The summed E-state index contributed by atoms with van der Waals surface area (Å²) in [7, 11) is -2.63. The highest BCUT2D eigenvalue weighted by molar-refractivity contribution is 7.89. The lowest BCUT2D eigenvalue weighted by Crippen LogP contribution is -2.30. The summed E-state index contributed by atoms with van der Waals surface area (Å²) in [6.07, 6.45) is 2.59. The smallest absolute Gasteiger partial charge is 0.307 e. The van der Waals surface area contributed by atoms with Crippen molar-refractivity contribution in [1.82, 2.24) is 14.5 Å². The topological polar surface area (TPSA) is 90.3 Å². The molecule has 1 atom stereocenters. The number of carbonyl (C=O) groups excluding carboxylic acids is 1. The van der Waals surface area contributed by atoms with Crippen molar-refractivity contribution in [1.29, 1.82) is 0 Å². The van der Waals surface area contributed by atoms with Crippen LogP contribution in [0.4, 0.5) is 0 Å². The zero-order valence-corrected chi connectivity index (χ0v) is 16.4. The first-order chi connectivity index (χ1) is 13.4. The number of esters is 1. The Labute approximate surface area is 164 Å². The van der Waals surface area contributed by atoms with Gasteiger partial charge in [-0.25, -0.2) is 17.8 Å². The van der Waals surface area contributed by atoms with Gasteiger partial charge in [-0.05, 0) is 24.6 Å². The van der Waals surface area contributed by atoms with Crippen LogP contribution in [0.25, 0.3) is 5.69 Å². The summed E-state index contributed by atoms with van der Waals surface area (Å²) in [5.74, 6) is -0.506. The number of ether oxygens (including phenoxy) is 1. The zero-order chi connectivity index (χ0) is 20.1. The molecular weight excluding hydrogens is 378 g/mol. The van der Waals surface area contributed by atoms with Gasteiger partial charge >= 0.3 is 5.97 Å². The van der Waals surface area contributed by atoms with Crippen molar-refractivity contribution in [2.75, 3.05) is 7.11 Å². The first-order valence-electron chi connectivity index (χ1n) is 8.65. The Bertz CT molecular complexity index is 1040. The maximum Gasteiger partial charge on any atom is 0.307 e. The number of aryl methyl sites for hydroxylation is 1. The van der Waals surface area contributed by atoms with Gasteiger partial charge in [0.15, 0.2) is 0 Å². The summed E-state index contributed by atoms with van der Waals surface area (Å²) >= 11 is 0. The summed E-state index contributed by atoms with van der Waals surface area (Å²) in [6, 6.07) is 15.7. The molecule has 3 aromatic rings. The second-order valence-electron chi connectivity index (χ2n) is 6.32. The number of aromatic nitrogens is 2. The van der Waals surface area contributed by atoms with Crippen LogP contribution in [-0.4, -0.2) is 31.3 Å². The van der Waals surface area contributed by atoms with Gasteiger partial charge in [0.2, 0.25) is 10.0 Å². The fraction of sp³-hybridized carbons (Fsp3) is 0.200. The highest BCUT2D eigenvalue weighted by Gasteiger charge is 2.25. The van der Waals surface area contributed by atoms with Crippen LogP contribution >= 0.6 is 0 Å². The summed E-state index contributed by atoms with van der Waals surface area (Å²) < 4.78 is 34.6. The number of nitrogens with one attached hydrogen (secondary N) is 1. The van der Waals surface area contributed by atoms with Crippen molar-refractivity contribution in [2.45, 2.75) is 24.3 Å². The normalized spacial score (nSPS) is 12.5. The zero-order valence-electron chi connectivity index (χ0n) is 15.6. The van der Waals surface area contributed by atoms with E-state index in [-0.39, 0.29) is 11.3 Å². The number of carbonyl (C=O) groups is 1. The number of hydrogen-bond acceptors (Lipinski definition) is 5. The van der Waals surface area contributed by atoms with E-state index >= 15 is 0 Å². The van der Waals surface area contributed by atoms with Gasteiger partial charge in [0, 0.05) is 0 Å². The van der Waals surface area contributed by atoms with E-state index in [1.165, 1.54) is 24.2 Å². The fourth-order valence-electron chi connectivity index (χ4n) is 2.70. The molecule has 1 heterocycles. The van der Waals surface area contributed by atoms with Gasteiger partial charge < -0.3 is 4.74 Å². The quantitative estimate of drug-likeness (QED) is 0.617. The fourth-order valence-corrected chi connectivity index (χ4v) is 3.85. The van der Waals surface area contributed by atoms with Crippen LogP contribution in [0.15, 0.2) is 71.9 Å². The molecule has 0 fully saturated rings. The minimum atomic E-state index is -3.90. The van der Waals surface area contributed by atoms with E-state index in [1.54, 1.807) is 12.1 Å². The van der Waals surface area contributed by atoms with Crippen LogP contribution in [-0.2, 0) is 19.6 Å². The van der Waals surface area contributed by atoms with Gasteiger partial charge in [0.1, 0.15) is 4.90 Å². The number of benzene rings is 2. The molecule has 0 saturated heterocycles. The number of para-hydroxylation sites is 1. The molecule has 1 unspecified atom stereocenters. The summed E-state index contributed by atoms with van der Waals surface area (Å²) in [6.45, 7) is 1.93. The molecule has 0 amide bonds. The predicted molar refractivity (Wildman–Crippen MR) is 104 cm³/mol. The lowest BCUT2D eigenvalue weighted by atomic mass is 10.0. The second-order valence-corrected chi connectivity index (χ2v) is 8.03. The van der Waals surface area contributed by atoms with Gasteiger partial charge in [-0.15, -0.1) is 0 Å². The average Bonchev–Trinajstić information content (AvgIpc) is 3.20. The molecule has 8 heteroatoms. The standard InChI is InChI=1S/C20H21N3O4S/c1-15-8-10-16(11-9-15)19(12-20(24)27-2)22-28(25,26)18-13-21-23(14-18)17-6-4-3-5-7-17/h3-11,13-14,19,22H,12H2,1-2H3. The van der Waals surface area contributed by atoms with Crippen LogP contribution in [0.3, 0.4) is 0 Å². The molecule has 0 aliphatic heterocycles. The SMILES string of the molecule is COC(=O)CC(NS(=O)(=O)c1cnn(-c2ccccc2)c1)c1ccc(C)cc1. The number of nitrogens with zero attached hydrogens (tertiary/aromatic N) is 2. The van der Waals surface area contributed by atoms with E-state index in [9.17, 15) is 13.2 Å². The monoisotopic (exact) mass is 399 g/mol. The van der Waals surface area contributed by atoms with Gasteiger partial charge in [-0.2, -0.15) is 5.10 Å². The van der Waals surface area contributed by atoms with Gasteiger partial charge in [0.05, 0.1) is 37.7 Å². The molecule has 146 valence electrons. The van der Waals surface area contributed by atoms with E-state index in [4.69, 9.17) is 4.74 Å². The van der Waals surface area contributed by atoms with Crippen molar-refractivity contribution >= 4 is 16.0 Å². The largest absolute Gasteiger partial charge is 0.469 e. The van der Waals surface area contributed by atoms with Crippen molar-refractivity contribution in [2.24, 2.45) is 0 Å². The number of sulfonamides is 1. The van der Waals surface area contributed by atoms with Crippen LogP contribution in [0.5, 0.6) is 0 Å². The van der Waals surface area contributed by atoms with Crippen molar-refractivity contribution in [3.05, 3.63) is 78.1 Å². The van der Waals surface area contributed by atoms with Crippen LogP contribution in [0.2, 0.25) is 0 Å². The molecule has 28 heavy (non-hydrogen) atoms. The van der Waals surface area contributed by atoms with Crippen LogP contribution in [0.1, 0.15) is 23.6 Å². The minimum absolute atomic E-state index is 0.0123.